The summed E-state index contributed by atoms with van der Waals surface area (Å²) in [6.07, 6.45) is 3.65. The van der Waals surface area contributed by atoms with Crippen LogP contribution in [-0.2, 0) is 0 Å². The minimum Gasteiger partial charge on any atom is -0.303 e. The van der Waals surface area contributed by atoms with Crippen molar-refractivity contribution in [3.05, 3.63) is 0 Å². The largest absolute Gasteiger partial charge is 0.303 e. The summed E-state index contributed by atoms with van der Waals surface area (Å²) in [7, 11) is 0. The second kappa shape index (κ2) is 6.01. The summed E-state index contributed by atoms with van der Waals surface area (Å²) < 4.78 is 0. The summed E-state index contributed by atoms with van der Waals surface area (Å²) in [4.78, 5) is 4.89. The molecule has 1 aliphatic carbocycles. The van der Waals surface area contributed by atoms with E-state index in [1.54, 1.807) is 0 Å². The molecule has 0 amide bonds. The standard InChI is InChI=1S/C14H26N4/c1-3-17(4-2)10-8-16-14(11-15)7-9-18(12-14)13-5-6-13/h13,16H,3-10,12H2,1-2H3. The molecule has 4 heteroatoms. The summed E-state index contributed by atoms with van der Waals surface area (Å²) in [6, 6.07) is 3.31. The number of likely N-dealkylation sites (N-methyl/N-ethyl adjacent to an activating group) is 1. The van der Waals surface area contributed by atoms with Crippen molar-refractivity contribution in [2.45, 2.75) is 44.7 Å². The monoisotopic (exact) mass is 250 g/mol. The smallest absolute Gasteiger partial charge is 0.120 e. The molecule has 0 aromatic heterocycles. The Morgan fingerprint density at radius 3 is 2.67 bits per heavy atom. The van der Waals surface area contributed by atoms with Crippen molar-refractivity contribution in [1.82, 2.24) is 15.1 Å². The maximum Gasteiger partial charge on any atom is 0.120 e. The first-order chi connectivity index (χ1) is 8.73. The Labute approximate surface area is 111 Å². The van der Waals surface area contributed by atoms with Crippen molar-refractivity contribution in [3.63, 3.8) is 0 Å². The molecule has 1 heterocycles. The average molecular weight is 250 g/mol. The highest BCUT2D eigenvalue weighted by atomic mass is 15.3. The van der Waals surface area contributed by atoms with Crippen molar-refractivity contribution in [1.29, 1.82) is 5.26 Å². The van der Waals surface area contributed by atoms with E-state index in [1.165, 1.54) is 12.8 Å². The third-order valence-corrected chi connectivity index (χ3v) is 4.36. The number of nitriles is 1. The third kappa shape index (κ3) is 3.23. The van der Waals surface area contributed by atoms with E-state index in [0.29, 0.717) is 0 Å². The lowest BCUT2D eigenvalue weighted by Gasteiger charge is -2.25. The molecular formula is C14H26N4. The van der Waals surface area contributed by atoms with Gasteiger partial charge in [0.1, 0.15) is 5.54 Å². The van der Waals surface area contributed by atoms with E-state index in [4.69, 9.17) is 0 Å². The molecule has 1 N–H and O–H groups in total. The van der Waals surface area contributed by atoms with Crippen molar-refractivity contribution in [2.75, 3.05) is 39.3 Å². The van der Waals surface area contributed by atoms with Gasteiger partial charge in [0.25, 0.3) is 0 Å². The van der Waals surface area contributed by atoms with Gasteiger partial charge in [0.05, 0.1) is 6.07 Å². The fraction of sp³-hybridized carbons (Fsp3) is 0.929. The minimum atomic E-state index is -0.282. The maximum atomic E-state index is 9.46. The molecule has 0 bridgehead atoms. The quantitative estimate of drug-likeness (QED) is 0.733. The van der Waals surface area contributed by atoms with Crippen LogP contribution in [0, 0.1) is 11.3 Å². The lowest BCUT2D eigenvalue weighted by molar-refractivity contribution is 0.273. The van der Waals surface area contributed by atoms with E-state index in [0.717, 1.165) is 51.7 Å². The Kier molecular flexibility index (Phi) is 4.60. The number of hydrogen-bond donors (Lipinski definition) is 1. The topological polar surface area (TPSA) is 42.3 Å². The molecule has 1 aliphatic heterocycles. The molecule has 0 aromatic rings. The van der Waals surface area contributed by atoms with Gasteiger partial charge in [-0.05, 0) is 32.4 Å². The SMILES string of the molecule is CCN(CC)CCNC1(C#N)CCN(C2CC2)C1. The predicted molar refractivity (Wildman–Crippen MR) is 73.3 cm³/mol. The lowest BCUT2D eigenvalue weighted by Crippen LogP contribution is -2.49. The van der Waals surface area contributed by atoms with Crippen LogP contribution in [0.25, 0.3) is 0 Å². The fourth-order valence-corrected chi connectivity index (χ4v) is 2.86. The van der Waals surface area contributed by atoms with Gasteiger partial charge in [0.2, 0.25) is 0 Å². The number of likely N-dealkylation sites (tertiary alicyclic amines) is 1. The van der Waals surface area contributed by atoms with Crippen molar-refractivity contribution in [3.8, 4) is 6.07 Å². The highest BCUT2D eigenvalue weighted by Crippen LogP contribution is 2.33. The van der Waals surface area contributed by atoms with Crippen LogP contribution in [0.5, 0.6) is 0 Å². The minimum absolute atomic E-state index is 0.282. The molecule has 0 radical (unpaired) electrons. The Bertz CT molecular complexity index is 303. The van der Waals surface area contributed by atoms with Crippen molar-refractivity contribution < 1.29 is 0 Å². The van der Waals surface area contributed by atoms with Gasteiger partial charge in [-0.2, -0.15) is 5.26 Å². The van der Waals surface area contributed by atoms with Crippen LogP contribution in [-0.4, -0.2) is 60.6 Å². The van der Waals surface area contributed by atoms with Crippen LogP contribution >= 0.6 is 0 Å². The summed E-state index contributed by atoms with van der Waals surface area (Å²) in [5.74, 6) is 0. The first kappa shape index (κ1) is 13.8. The predicted octanol–water partition coefficient (Wildman–Crippen LogP) is 1.05. The zero-order chi connectivity index (χ0) is 13.0. The Hall–Kier alpha value is -0.630. The third-order valence-electron chi connectivity index (χ3n) is 4.36. The Morgan fingerprint density at radius 1 is 1.39 bits per heavy atom. The first-order valence-corrected chi connectivity index (χ1v) is 7.35. The maximum absolute atomic E-state index is 9.46. The molecule has 2 aliphatic rings. The van der Waals surface area contributed by atoms with Gasteiger partial charge in [0.15, 0.2) is 0 Å². The van der Waals surface area contributed by atoms with Crippen LogP contribution in [0.2, 0.25) is 0 Å². The van der Waals surface area contributed by atoms with Crippen LogP contribution in [0.4, 0.5) is 0 Å². The van der Waals surface area contributed by atoms with E-state index >= 15 is 0 Å². The highest BCUT2D eigenvalue weighted by molar-refractivity contribution is 5.14. The molecular weight excluding hydrogens is 224 g/mol. The van der Waals surface area contributed by atoms with Gasteiger partial charge < -0.3 is 4.90 Å². The van der Waals surface area contributed by atoms with E-state index in [2.05, 4.69) is 35.0 Å². The van der Waals surface area contributed by atoms with Crippen LogP contribution in [0.15, 0.2) is 0 Å². The number of rotatable bonds is 7. The Morgan fingerprint density at radius 2 is 2.11 bits per heavy atom. The second-order valence-corrected chi connectivity index (χ2v) is 5.60. The van der Waals surface area contributed by atoms with E-state index in [9.17, 15) is 5.26 Å². The molecule has 102 valence electrons. The van der Waals surface area contributed by atoms with E-state index in [-0.39, 0.29) is 5.54 Å². The lowest BCUT2D eigenvalue weighted by atomic mass is 10.0. The molecule has 0 spiro atoms. The summed E-state index contributed by atoms with van der Waals surface area (Å²) in [5.41, 5.74) is -0.282. The van der Waals surface area contributed by atoms with E-state index < -0.39 is 0 Å². The summed E-state index contributed by atoms with van der Waals surface area (Å²) in [6.45, 7) is 10.5. The van der Waals surface area contributed by atoms with E-state index in [1.807, 2.05) is 0 Å². The normalized spacial score (nSPS) is 28.8. The van der Waals surface area contributed by atoms with Crippen molar-refractivity contribution >= 4 is 0 Å². The zero-order valence-corrected chi connectivity index (χ0v) is 11.8. The molecule has 2 fully saturated rings. The number of hydrogen-bond acceptors (Lipinski definition) is 4. The Balaban J connectivity index is 1.77. The number of nitrogens with one attached hydrogen (secondary N) is 1. The molecule has 0 aromatic carbocycles. The van der Waals surface area contributed by atoms with Gasteiger partial charge in [0, 0.05) is 32.2 Å². The van der Waals surface area contributed by atoms with Gasteiger partial charge in [-0.15, -0.1) is 0 Å². The molecule has 1 atom stereocenters. The van der Waals surface area contributed by atoms with Crippen LogP contribution < -0.4 is 5.32 Å². The number of nitrogens with zero attached hydrogens (tertiary/aromatic N) is 3. The van der Waals surface area contributed by atoms with Crippen LogP contribution in [0.3, 0.4) is 0 Å². The average Bonchev–Trinajstić information content (AvgIpc) is 3.17. The highest BCUT2D eigenvalue weighted by Gasteiger charge is 2.43. The molecule has 18 heavy (non-hydrogen) atoms. The van der Waals surface area contributed by atoms with Gasteiger partial charge in [-0.25, -0.2) is 0 Å². The first-order valence-electron chi connectivity index (χ1n) is 7.35. The van der Waals surface area contributed by atoms with Gasteiger partial charge in [-0.1, -0.05) is 13.8 Å². The molecule has 4 nitrogen and oxygen atoms in total. The fourth-order valence-electron chi connectivity index (χ4n) is 2.86. The summed E-state index contributed by atoms with van der Waals surface area (Å²) >= 11 is 0. The molecule has 1 unspecified atom stereocenters. The molecule has 1 saturated heterocycles. The molecule has 1 saturated carbocycles. The van der Waals surface area contributed by atoms with Crippen molar-refractivity contribution in [2.24, 2.45) is 0 Å². The van der Waals surface area contributed by atoms with Gasteiger partial charge >= 0.3 is 0 Å². The zero-order valence-electron chi connectivity index (χ0n) is 11.8. The molecule has 2 rings (SSSR count). The summed E-state index contributed by atoms with van der Waals surface area (Å²) in [5, 5.41) is 13.0. The second-order valence-electron chi connectivity index (χ2n) is 5.60. The van der Waals surface area contributed by atoms with Gasteiger partial charge in [-0.3, -0.25) is 10.2 Å². The van der Waals surface area contributed by atoms with Crippen LogP contribution in [0.1, 0.15) is 33.1 Å².